The monoisotopic (exact) mass is 287 g/mol. The van der Waals surface area contributed by atoms with E-state index in [-0.39, 0.29) is 24.1 Å². The van der Waals surface area contributed by atoms with Crippen molar-refractivity contribution in [3.8, 4) is 0 Å². The molecule has 0 spiro atoms. The van der Waals surface area contributed by atoms with Gasteiger partial charge in [-0.3, -0.25) is 14.2 Å². The van der Waals surface area contributed by atoms with Crippen molar-refractivity contribution in [1.29, 1.82) is 0 Å². The number of nitrogens with one attached hydrogen (secondary N) is 1. The number of rotatable bonds is 4. The number of hydrogen-bond donors (Lipinski definition) is 1. The molecule has 0 unspecified atom stereocenters. The van der Waals surface area contributed by atoms with Gasteiger partial charge >= 0.3 is 0 Å². The van der Waals surface area contributed by atoms with E-state index in [4.69, 9.17) is 0 Å². The average Bonchev–Trinajstić information content (AvgIpc) is 2.43. The van der Waals surface area contributed by atoms with Crippen molar-refractivity contribution < 1.29 is 4.79 Å². The molecule has 0 radical (unpaired) electrons. The van der Waals surface area contributed by atoms with Crippen LogP contribution in [0.3, 0.4) is 0 Å². The van der Waals surface area contributed by atoms with Crippen LogP contribution in [0.25, 0.3) is 10.9 Å². The molecule has 0 aliphatic heterocycles. The van der Waals surface area contributed by atoms with Gasteiger partial charge in [0.05, 0.1) is 10.9 Å². The van der Waals surface area contributed by atoms with Crippen molar-refractivity contribution in [2.24, 2.45) is 5.92 Å². The molecule has 1 atom stereocenters. The van der Waals surface area contributed by atoms with E-state index in [0.29, 0.717) is 22.6 Å². The third kappa shape index (κ3) is 3.29. The number of para-hydroxylation sites is 1. The highest BCUT2D eigenvalue weighted by Gasteiger charge is 2.14. The summed E-state index contributed by atoms with van der Waals surface area (Å²) < 4.78 is 1.42. The van der Waals surface area contributed by atoms with Gasteiger partial charge in [-0.2, -0.15) is 0 Å². The van der Waals surface area contributed by atoms with Crippen molar-refractivity contribution in [3.63, 3.8) is 0 Å². The minimum atomic E-state index is -0.176. The first kappa shape index (κ1) is 15.2. The molecule has 2 rings (SSSR count). The van der Waals surface area contributed by atoms with Crippen LogP contribution in [-0.4, -0.2) is 21.5 Å². The first-order valence-corrected chi connectivity index (χ1v) is 7.15. The predicted octanol–water partition coefficient (Wildman–Crippen LogP) is 1.87. The summed E-state index contributed by atoms with van der Waals surface area (Å²) in [6.45, 7) is 7.78. The fourth-order valence-corrected chi connectivity index (χ4v) is 2.08. The third-order valence-electron chi connectivity index (χ3n) is 3.74. The minimum absolute atomic E-state index is 0.000436. The zero-order valence-electron chi connectivity index (χ0n) is 12.9. The first-order chi connectivity index (χ1) is 9.90. The quantitative estimate of drug-likeness (QED) is 0.933. The summed E-state index contributed by atoms with van der Waals surface area (Å²) in [6, 6.07) is 7.24. The fraction of sp³-hybridized carbons (Fsp3) is 0.438. The number of carbonyl (C=O) groups excluding carboxylic acids is 1. The number of aryl methyl sites for hydroxylation is 1. The highest BCUT2D eigenvalue weighted by Crippen LogP contribution is 2.07. The lowest BCUT2D eigenvalue weighted by Gasteiger charge is -2.18. The fourth-order valence-electron chi connectivity index (χ4n) is 2.08. The molecule has 1 amide bonds. The van der Waals surface area contributed by atoms with E-state index >= 15 is 0 Å². The zero-order valence-corrected chi connectivity index (χ0v) is 12.9. The number of aromatic nitrogens is 2. The van der Waals surface area contributed by atoms with E-state index in [1.807, 2.05) is 26.8 Å². The van der Waals surface area contributed by atoms with Gasteiger partial charge in [0.25, 0.3) is 5.56 Å². The molecule has 0 saturated heterocycles. The van der Waals surface area contributed by atoms with Gasteiger partial charge < -0.3 is 5.32 Å². The summed E-state index contributed by atoms with van der Waals surface area (Å²) in [7, 11) is 0. The van der Waals surface area contributed by atoms with Gasteiger partial charge in [0.15, 0.2) is 0 Å². The van der Waals surface area contributed by atoms with Gasteiger partial charge in [-0.1, -0.05) is 26.0 Å². The average molecular weight is 287 g/mol. The SMILES string of the molecule is Cc1nc2ccccc2c(=O)n1CC(=O)N[C@H](C)C(C)C. The van der Waals surface area contributed by atoms with Crippen LogP contribution in [0.1, 0.15) is 26.6 Å². The second-order valence-corrected chi connectivity index (χ2v) is 5.67. The molecule has 0 bridgehead atoms. The topological polar surface area (TPSA) is 64.0 Å². The summed E-state index contributed by atoms with van der Waals surface area (Å²) in [5, 5.41) is 3.44. The Balaban J connectivity index is 2.30. The number of benzene rings is 1. The Labute approximate surface area is 124 Å². The van der Waals surface area contributed by atoms with Gasteiger partial charge in [0.1, 0.15) is 12.4 Å². The van der Waals surface area contributed by atoms with Gasteiger partial charge in [-0.05, 0) is 31.9 Å². The van der Waals surface area contributed by atoms with Crippen molar-refractivity contribution >= 4 is 16.8 Å². The number of nitrogens with zero attached hydrogens (tertiary/aromatic N) is 2. The van der Waals surface area contributed by atoms with Crippen LogP contribution in [0.4, 0.5) is 0 Å². The molecule has 1 N–H and O–H groups in total. The Kier molecular flexibility index (Phi) is 4.40. The van der Waals surface area contributed by atoms with Crippen LogP contribution in [0.5, 0.6) is 0 Å². The first-order valence-electron chi connectivity index (χ1n) is 7.15. The van der Waals surface area contributed by atoms with Crippen molar-refractivity contribution in [2.45, 2.75) is 40.3 Å². The van der Waals surface area contributed by atoms with E-state index in [1.165, 1.54) is 4.57 Å². The summed E-state index contributed by atoms with van der Waals surface area (Å²) in [4.78, 5) is 28.9. The smallest absolute Gasteiger partial charge is 0.261 e. The summed E-state index contributed by atoms with van der Waals surface area (Å²) >= 11 is 0. The van der Waals surface area contributed by atoms with E-state index in [1.54, 1.807) is 25.1 Å². The number of hydrogen-bond acceptors (Lipinski definition) is 3. The Morgan fingerprint density at radius 3 is 2.62 bits per heavy atom. The van der Waals surface area contributed by atoms with Gasteiger partial charge in [-0.25, -0.2) is 4.98 Å². The lowest BCUT2D eigenvalue weighted by molar-refractivity contribution is -0.122. The maximum atomic E-state index is 12.4. The molecule has 2 aromatic rings. The maximum absolute atomic E-state index is 12.4. The van der Waals surface area contributed by atoms with Crippen LogP contribution in [0, 0.1) is 12.8 Å². The zero-order chi connectivity index (χ0) is 15.6. The van der Waals surface area contributed by atoms with Gasteiger partial charge in [0, 0.05) is 6.04 Å². The van der Waals surface area contributed by atoms with Crippen LogP contribution in [0.2, 0.25) is 0 Å². The Hall–Kier alpha value is -2.17. The number of carbonyl (C=O) groups is 1. The molecule has 0 aliphatic rings. The molecule has 112 valence electrons. The van der Waals surface area contributed by atoms with Gasteiger partial charge in [-0.15, -0.1) is 0 Å². The predicted molar refractivity (Wildman–Crippen MR) is 83.2 cm³/mol. The third-order valence-corrected chi connectivity index (χ3v) is 3.74. The molecular formula is C16H21N3O2. The molecule has 5 nitrogen and oxygen atoms in total. The number of fused-ring (bicyclic) bond motifs is 1. The lowest BCUT2D eigenvalue weighted by Crippen LogP contribution is -2.40. The molecular weight excluding hydrogens is 266 g/mol. The molecule has 1 aromatic carbocycles. The molecule has 1 heterocycles. The lowest BCUT2D eigenvalue weighted by atomic mass is 10.1. The molecule has 0 saturated carbocycles. The van der Waals surface area contributed by atoms with Crippen LogP contribution in [-0.2, 0) is 11.3 Å². The standard InChI is InChI=1S/C16H21N3O2/c1-10(2)11(3)17-15(20)9-19-12(4)18-14-8-6-5-7-13(14)16(19)21/h5-8,10-11H,9H2,1-4H3,(H,17,20)/t11-/m1/s1. The van der Waals surface area contributed by atoms with Crippen molar-refractivity contribution in [1.82, 2.24) is 14.9 Å². The van der Waals surface area contributed by atoms with Crippen LogP contribution >= 0.6 is 0 Å². The minimum Gasteiger partial charge on any atom is -0.352 e. The molecule has 0 fully saturated rings. The summed E-state index contributed by atoms with van der Waals surface area (Å²) in [6.07, 6.45) is 0. The highest BCUT2D eigenvalue weighted by molar-refractivity contribution is 5.79. The van der Waals surface area contributed by atoms with E-state index in [2.05, 4.69) is 10.3 Å². The normalized spacial score (nSPS) is 12.6. The molecule has 0 aliphatic carbocycles. The molecule has 5 heteroatoms. The van der Waals surface area contributed by atoms with Crippen LogP contribution in [0.15, 0.2) is 29.1 Å². The van der Waals surface area contributed by atoms with Gasteiger partial charge in [0.2, 0.25) is 5.91 Å². The van der Waals surface area contributed by atoms with E-state index < -0.39 is 0 Å². The second-order valence-electron chi connectivity index (χ2n) is 5.67. The van der Waals surface area contributed by atoms with E-state index in [0.717, 1.165) is 0 Å². The Morgan fingerprint density at radius 2 is 1.95 bits per heavy atom. The molecule has 21 heavy (non-hydrogen) atoms. The summed E-state index contributed by atoms with van der Waals surface area (Å²) in [5.74, 6) is 0.728. The van der Waals surface area contributed by atoms with Crippen molar-refractivity contribution in [2.75, 3.05) is 0 Å². The Bertz CT molecular complexity index is 719. The maximum Gasteiger partial charge on any atom is 0.261 e. The second kappa shape index (κ2) is 6.08. The Morgan fingerprint density at radius 1 is 1.29 bits per heavy atom. The van der Waals surface area contributed by atoms with E-state index in [9.17, 15) is 9.59 Å². The largest absolute Gasteiger partial charge is 0.352 e. The summed E-state index contributed by atoms with van der Waals surface area (Å²) in [5.41, 5.74) is 0.484. The van der Waals surface area contributed by atoms with Crippen molar-refractivity contribution in [3.05, 3.63) is 40.4 Å². The highest BCUT2D eigenvalue weighted by atomic mass is 16.2. The van der Waals surface area contributed by atoms with Crippen LogP contribution < -0.4 is 10.9 Å². The molecule has 1 aromatic heterocycles. The number of amides is 1.